The molecule has 1 fully saturated rings. The zero-order valence-electron chi connectivity index (χ0n) is 11.6. The summed E-state index contributed by atoms with van der Waals surface area (Å²) in [6.07, 6.45) is 10.7. The number of nitrogens with one attached hydrogen (secondary N) is 1. The molecule has 6 nitrogen and oxygen atoms in total. The van der Waals surface area contributed by atoms with Crippen LogP contribution in [0.25, 0.3) is 0 Å². The molecule has 0 unspecified atom stereocenters. The van der Waals surface area contributed by atoms with Crippen LogP contribution in [0.1, 0.15) is 12.8 Å². The maximum atomic E-state index is 12.3. The summed E-state index contributed by atoms with van der Waals surface area (Å²) < 4.78 is 1.94. The summed E-state index contributed by atoms with van der Waals surface area (Å²) in [5.74, 6) is -2.41. The molecule has 1 amide bonds. The van der Waals surface area contributed by atoms with Crippen molar-refractivity contribution in [3.63, 3.8) is 0 Å². The Morgan fingerprint density at radius 2 is 2.05 bits per heavy atom. The number of imidazole rings is 1. The SMILES string of the molecule is O=C(NCCCn1ccnc1)[C@@H]1[C@@H](C(=O)[O-])[C@H]2C=C[C@@H]1C2. The molecule has 1 aromatic rings. The van der Waals surface area contributed by atoms with Gasteiger partial charge < -0.3 is 19.8 Å². The normalized spacial score (nSPS) is 29.7. The number of amides is 1. The average molecular weight is 288 g/mol. The van der Waals surface area contributed by atoms with Crippen molar-refractivity contribution in [2.24, 2.45) is 23.7 Å². The molecular weight excluding hydrogens is 270 g/mol. The largest absolute Gasteiger partial charge is 0.550 e. The number of carbonyl (C=O) groups excluding carboxylic acids is 2. The number of carbonyl (C=O) groups is 2. The Bertz CT molecular complexity index is 553. The van der Waals surface area contributed by atoms with Gasteiger partial charge in [0.25, 0.3) is 0 Å². The van der Waals surface area contributed by atoms with Crippen LogP contribution < -0.4 is 10.4 Å². The summed E-state index contributed by atoms with van der Waals surface area (Å²) >= 11 is 0. The molecule has 21 heavy (non-hydrogen) atoms. The maximum absolute atomic E-state index is 12.3. The van der Waals surface area contributed by atoms with Crippen LogP contribution in [0, 0.1) is 23.7 Å². The van der Waals surface area contributed by atoms with Gasteiger partial charge in [-0.15, -0.1) is 0 Å². The lowest BCUT2D eigenvalue weighted by atomic mass is 9.82. The van der Waals surface area contributed by atoms with E-state index in [1.54, 1.807) is 12.5 Å². The van der Waals surface area contributed by atoms with E-state index in [0.29, 0.717) is 6.54 Å². The molecule has 3 rings (SSSR count). The number of aryl methyl sites for hydroxylation is 1. The Hall–Kier alpha value is -2.11. The molecule has 1 saturated carbocycles. The van der Waals surface area contributed by atoms with Gasteiger partial charge in [-0.25, -0.2) is 4.98 Å². The molecule has 0 aliphatic heterocycles. The Morgan fingerprint density at radius 3 is 2.71 bits per heavy atom. The highest BCUT2D eigenvalue weighted by Gasteiger charge is 2.48. The van der Waals surface area contributed by atoms with E-state index in [2.05, 4.69) is 10.3 Å². The summed E-state index contributed by atoms with van der Waals surface area (Å²) in [5, 5.41) is 14.1. The number of aliphatic carboxylic acids is 1. The first kappa shape index (κ1) is 13.9. The highest BCUT2D eigenvalue weighted by molar-refractivity contribution is 5.86. The Kier molecular flexibility index (Phi) is 3.77. The van der Waals surface area contributed by atoms with Crippen molar-refractivity contribution in [3.8, 4) is 0 Å². The van der Waals surface area contributed by atoms with Gasteiger partial charge in [0.05, 0.1) is 12.2 Å². The minimum Gasteiger partial charge on any atom is -0.550 e. The van der Waals surface area contributed by atoms with Gasteiger partial charge in [-0.3, -0.25) is 4.79 Å². The molecule has 0 aromatic carbocycles. The number of rotatable bonds is 6. The average Bonchev–Trinajstić information content (AvgIpc) is 3.18. The molecule has 1 aromatic heterocycles. The van der Waals surface area contributed by atoms with Crippen LogP contribution in [-0.4, -0.2) is 28.0 Å². The van der Waals surface area contributed by atoms with E-state index in [4.69, 9.17) is 0 Å². The molecule has 0 radical (unpaired) electrons. The van der Waals surface area contributed by atoms with Crippen LogP contribution in [-0.2, 0) is 16.1 Å². The standard InChI is InChI=1S/C15H19N3O3/c19-14(17-4-1-6-18-7-5-16-9-18)12-10-2-3-11(8-10)13(12)15(20)21/h2-3,5,7,9-13H,1,4,6,8H2,(H,17,19)(H,20,21)/p-1/t10-,11+,12+,13+/m1/s1. The van der Waals surface area contributed by atoms with Gasteiger partial charge in [0.1, 0.15) is 0 Å². The lowest BCUT2D eigenvalue weighted by Crippen LogP contribution is -2.45. The molecule has 0 spiro atoms. The molecule has 112 valence electrons. The number of hydrogen-bond acceptors (Lipinski definition) is 4. The van der Waals surface area contributed by atoms with E-state index in [1.165, 1.54) is 0 Å². The monoisotopic (exact) mass is 288 g/mol. The molecule has 4 atom stereocenters. The van der Waals surface area contributed by atoms with E-state index in [-0.39, 0.29) is 17.7 Å². The molecule has 0 saturated heterocycles. The summed E-state index contributed by atoms with van der Waals surface area (Å²) in [6, 6.07) is 0. The number of carboxylic acid groups (broad SMARTS) is 1. The van der Waals surface area contributed by atoms with Crippen molar-refractivity contribution in [2.75, 3.05) is 6.54 Å². The number of hydrogen-bond donors (Lipinski definition) is 1. The third kappa shape index (κ3) is 2.70. The van der Waals surface area contributed by atoms with Gasteiger partial charge >= 0.3 is 0 Å². The summed E-state index contributed by atoms with van der Waals surface area (Å²) in [5.41, 5.74) is 0. The van der Waals surface area contributed by atoms with Gasteiger partial charge in [-0.2, -0.15) is 0 Å². The van der Waals surface area contributed by atoms with Crippen LogP contribution in [0.2, 0.25) is 0 Å². The molecular formula is C15H18N3O3-. The van der Waals surface area contributed by atoms with Gasteiger partial charge in [-0.1, -0.05) is 12.2 Å². The van der Waals surface area contributed by atoms with Gasteiger partial charge in [0, 0.05) is 37.4 Å². The fourth-order valence-electron chi connectivity index (χ4n) is 3.51. The van der Waals surface area contributed by atoms with Crippen LogP contribution in [0.4, 0.5) is 0 Å². The minimum atomic E-state index is -1.11. The summed E-state index contributed by atoms with van der Waals surface area (Å²) in [4.78, 5) is 27.5. The first-order chi connectivity index (χ1) is 10.2. The number of nitrogens with zero attached hydrogens (tertiary/aromatic N) is 2. The van der Waals surface area contributed by atoms with Gasteiger partial charge in [0.2, 0.25) is 5.91 Å². The highest BCUT2D eigenvalue weighted by atomic mass is 16.4. The fraction of sp³-hybridized carbons (Fsp3) is 0.533. The van der Waals surface area contributed by atoms with Crippen molar-refractivity contribution < 1.29 is 14.7 Å². The maximum Gasteiger partial charge on any atom is 0.224 e. The third-order valence-corrected chi connectivity index (χ3v) is 4.49. The number of aromatic nitrogens is 2. The van der Waals surface area contributed by atoms with Gasteiger partial charge in [0.15, 0.2) is 0 Å². The van der Waals surface area contributed by atoms with E-state index >= 15 is 0 Å². The second-order valence-electron chi connectivity index (χ2n) is 5.76. The Balaban J connectivity index is 1.51. The predicted molar refractivity (Wildman–Crippen MR) is 72.6 cm³/mol. The molecule has 1 heterocycles. The molecule has 2 aliphatic rings. The quantitative estimate of drug-likeness (QED) is 0.569. The lowest BCUT2D eigenvalue weighted by molar-refractivity contribution is -0.313. The predicted octanol–water partition coefficient (Wildman–Crippen LogP) is -0.422. The lowest BCUT2D eigenvalue weighted by Gasteiger charge is -2.27. The first-order valence-electron chi connectivity index (χ1n) is 7.29. The first-order valence-corrected chi connectivity index (χ1v) is 7.29. The van der Waals surface area contributed by atoms with Crippen molar-refractivity contribution in [2.45, 2.75) is 19.4 Å². The number of allylic oxidation sites excluding steroid dienone is 2. The Labute approximate surface area is 122 Å². The van der Waals surface area contributed by atoms with Crippen LogP contribution in [0.15, 0.2) is 30.9 Å². The Morgan fingerprint density at radius 1 is 1.29 bits per heavy atom. The van der Waals surface area contributed by atoms with Crippen molar-refractivity contribution >= 4 is 11.9 Å². The summed E-state index contributed by atoms with van der Waals surface area (Å²) in [7, 11) is 0. The zero-order valence-corrected chi connectivity index (χ0v) is 11.6. The van der Waals surface area contributed by atoms with Crippen molar-refractivity contribution in [1.29, 1.82) is 0 Å². The third-order valence-electron chi connectivity index (χ3n) is 4.49. The smallest absolute Gasteiger partial charge is 0.224 e. The molecule has 6 heteroatoms. The van der Waals surface area contributed by atoms with E-state index < -0.39 is 17.8 Å². The van der Waals surface area contributed by atoms with E-state index in [9.17, 15) is 14.7 Å². The zero-order chi connectivity index (χ0) is 14.8. The minimum absolute atomic E-state index is 0.0401. The highest BCUT2D eigenvalue weighted by Crippen LogP contribution is 2.47. The molecule has 2 bridgehead atoms. The fourth-order valence-corrected chi connectivity index (χ4v) is 3.51. The van der Waals surface area contributed by atoms with E-state index in [1.807, 2.05) is 22.9 Å². The van der Waals surface area contributed by atoms with Crippen molar-refractivity contribution in [3.05, 3.63) is 30.9 Å². The number of carboxylic acids is 1. The van der Waals surface area contributed by atoms with Gasteiger partial charge in [-0.05, 0) is 24.7 Å². The second-order valence-corrected chi connectivity index (χ2v) is 5.76. The summed E-state index contributed by atoms with van der Waals surface area (Å²) in [6.45, 7) is 1.31. The van der Waals surface area contributed by atoms with E-state index in [0.717, 1.165) is 19.4 Å². The van der Waals surface area contributed by atoms with Crippen LogP contribution in [0.3, 0.4) is 0 Å². The number of fused-ring (bicyclic) bond motifs is 2. The molecule has 2 aliphatic carbocycles. The molecule has 1 N–H and O–H groups in total. The second kappa shape index (κ2) is 5.71. The van der Waals surface area contributed by atoms with Crippen LogP contribution in [0.5, 0.6) is 0 Å². The van der Waals surface area contributed by atoms with Crippen molar-refractivity contribution in [1.82, 2.24) is 14.9 Å². The van der Waals surface area contributed by atoms with Crippen LogP contribution >= 0.6 is 0 Å². The topological polar surface area (TPSA) is 87.0 Å².